The van der Waals surface area contributed by atoms with E-state index in [1.54, 1.807) is 0 Å². The van der Waals surface area contributed by atoms with Gasteiger partial charge in [-0.05, 0) is 24.5 Å². The molecule has 4 rings (SSSR count). The minimum atomic E-state index is 0.127. The first kappa shape index (κ1) is 13.8. The molecule has 23 heavy (non-hydrogen) atoms. The predicted octanol–water partition coefficient (Wildman–Crippen LogP) is 3.32. The topological polar surface area (TPSA) is 68.8 Å². The highest BCUT2D eigenvalue weighted by molar-refractivity contribution is 5.41. The molecule has 0 radical (unpaired) electrons. The second-order valence-corrected chi connectivity index (χ2v) is 6.01. The Morgan fingerprint density at radius 2 is 1.78 bits per heavy atom. The lowest BCUT2D eigenvalue weighted by molar-refractivity contribution is 0.431. The molecule has 2 heterocycles. The maximum Gasteiger partial charge on any atom is 0.241 e. The minimum absolute atomic E-state index is 0.127. The maximum atomic E-state index is 5.82. The summed E-state index contributed by atoms with van der Waals surface area (Å²) in [5.74, 6) is 1.03. The van der Waals surface area contributed by atoms with Crippen molar-refractivity contribution >= 4 is 11.9 Å². The molecule has 3 aromatic rings. The van der Waals surface area contributed by atoms with E-state index in [-0.39, 0.29) is 12.1 Å². The Hall–Kier alpha value is -2.82. The Morgan fingerprint density at radius 3 is 2.52 bits per heavy atom. The molecule has 1 aromatic heterocycles. The third-order valence-electron chi connectivity index (χ3n) is 4.37. The van der Waals surface area contributed by atoms with Crippen molar-refractivity contribution in [3.63, 3.8) is 0 Å². The number of rotatable bonds is 2. The van der Waals surface area contributed by atoms with Crippen LogP contribution in [0.4, 0.5) is 11.9 Å². The molecule has 3 N–H and O–H groups in total. The van der Waals surface area contributed by atoms with E-state index in [2.05, 4.69) is 70.9 Å². The van der Waals surface area contributed by atoms with Gasteiger partial charge in [-0.25, -0.2) is 4.68 Å². The quantitative estimate of drug-likeness (QED) is 0.762. The highest BCUT2D eigenvalue weighted by Crippen LogP contribution is 2.37. The van der Waals surface area contributed by atoms with Gasteiger partial charge in [0.05, 0.1) is 12.1 Å². The van der Waals surface area contributed by atoms with Crippen molar-refractivity contribution in [3.05, 3.63) is 71.3 Å². The first-order valence-corrected chi connectivity index (χ1v) is 7.81. The lowest BCUT2D eigenvalue weighted by atomic mass is 9.93. The van der Waals surface area contributed by atoms with Crippen LogP contribution in [0.3, 0.4) is 0 Å². The van der Waals surface area contributed by atoms with Crippen LogP contribution in [0, 0.1) is 6.92 Å². The van der Waals surface area contributed by atoms with E-state index in [1.165, 1.54) is 16.7 Å². The van der Waals surface area contributed by atoms with Crippen molar-refractivity contribution in [3.8, 4) is 0 Å². The minimum Gasteiger partial charge on any atom is -0.366 e. The van der Waals surface area contributed by atoms with Gasteiger partial charge in [-0.1, -0.05) is 60.2 Å². The zero-order chi connectivity index (χ0) is 15.8. The fourth-order valence-corrected chi connectivity index (χ4v) is 3.16. The average Bonchev–Trinajstić information content (AvgIpc) is 2.96. The molecule has 2 atom stereocenters. The molecule has 0 amide bonds. The zero-order valence-electron chi connectivity index (χ0n) is 13.0. The van der Waals surface area contributed by atoms with Crippen LogP contribution in [0.25, 0.3) is 0 Å². The Morgan fingerprint density at radius 1 is 1.04 bits per heavy atom. The molecule has 1 aliphatic heterocycles. The van der Waals surface area contributed by atoms with Gasteiger partial charge in [0.2, 0.25) is 11.9 Å². The highest BCUT2D eigenvalue weighted by atomic mass is 15.4. The number of benzene rings is 2. The summed E-state index contributed by atoms with van der Waals surface area (Å²) in [6.07, 6.45) is 0.906. The van der Waals surface area contributed by atoms with Gasteiger partial charge in [-0.3, -0.25) is 0 Å². The average molecular weight is 305 g/mol. The monoisotopic (exact) mass is 305 g/mol. The van der Waals surface area contributed by atoms with Crippen molar-refractivity contribution in [1.29, 1.82) is 0 Å². The second-order valence-electron chi connectivity index (χ2n) is 6.01. The lowest BCUT2D eigenvalue weighted by Crippen LogP contribution is -2.28. The van der Waals surface area contributed by atoms with E-state index >= 15 is 0 Å². The van der Waals surface area contributed by atoms with E-state index in [4.69, 9.17) is 5.73 Å². The molecular weight excluding hydrogens is 286 g/mol. The molecular formula is C18H19N5. The molecule has 0 aliphatic carbocycles. The Kier molecular flexibility index (Phi) is 3.26. The van der Waals surface area contributed by atoms with Crippen LogP contribution in [0.15, 0.2) is 54.6 Å². The molecule has 5 nitrogen and oxygen atoms in total. The standard InChI is InChI=1S/C18H19N5/c1-12-7-9-14(10-8-12)16-11-15(13-5-3-2-4-6-13)20-18-21-17(19)22-23(16)18/h2-10,15-16H,11H2,1H3,(H3,19,20,21,22)/t15-,16+/m0/s1. The number of fused-ring (bicyclic) bond motifs is 1. The Bertz CT molecular complexity index is 807. The summed E-state index contributed by atoms with van der Waals surface area (Å²) in [6, 6.07) is 19.3. The molecule has 0 fully saturated rings. The summed E-state index contributed by atoms with van der Waals surface area (Å²) in [5.41, 5.74) is 9.55. The van der Waals surface area contributed by atoms with E-state index in [1.807, 2.05) is 10.7 Å². The summed E-state index contributed by atoms with van der Waals surface area (Å²) in [7, 11) is 0. The maximum absolute atomic E-state index is 5.82. The van der Waals surface area contributed by atoms with E-state index in [0.29, 0.717) is 5.95 Å². The molecule has 0 bridgehead atoms. The molecule has 0 unspecified atom stereocenters. The molecule has 0 spiro atoms. The number of hydrogen-bond donors (Lipinski definition) is 2. The highest BCUT2D eigenvalue weighted by Gasteiger charge is 2.30. The number of nitrogens with zero attached hydrogens (tertiary/aromatic N) is 3. The number of aryl methyl sites for hydroxylation is 1. The van der Waals surface area contributed by atoms with Crippen LogP contribution in [0.1, 0.15) is 35.2 Å². The molecule has 0 saturated heterocycles. The van der Waals surface area contributed by atoms with Crippen molar-refractivity contribution in [2.45, 2.75) is 25.4 Å². The Balaban J connectivity index is 1.76. The molecule has 116 valence electrons. The van der Waals surface area contributed by atoms with Gasteiger partial charge in [-0.15, -0.1) is 5.10 Å². The van der Waals surface area contributed by atoms with Crippen molar-refractivity contribution in [1.82, 2.24) is 14.8 Å². The third-order valence-corrected chi connectivity index (χ3v) is 4.37. The van der Waals surface area contributed by atoms with Gasteiger partial charge >= 0.3 is 0 Å². The third kappa shape index (κ3) is 2.54. The van der Waals surface area contributed by atoms with Gasteiger partial charge < -0.3 is 11.1 Å². The summed E-state index contributed by atoms with van der Waals surface area (Å²) in [4.78, 5) is 4.34. The number of nitrogen functional groups attached to an aromatic ring is 1. The first-order chi connectivity index (χ1) is 11.2. The fraction of sp³-hybridized carbons (Fsp3) is 0.222. The molecule has 0 saturated carbocycles. The molecule has 2 aromatic carbocycles. The van der Waals surface area contributed by atoms with Crippen LogP contribution in [0.2, 0.25) is 0 Å². The van der Waals surface area contributed by atoms with Gasteiger partial charge in [-0.2, -0.15) is 4.98 Å². The van der Waals surface area contributed by atoms with Crippen LogP contribution in [0.5, 0.6) is 0 Å². The second kappa shape index (κ2) is 5.43. The lowest BCUT2D eigenvalue weighted by Gasteiger charge is -2.31. The predicted molar refractivity (Wildman–Crippen MR) is 91.2 cm³/mol. The zero-order valence-corrected chi connectivity index (χ0v) is 13.0. The van der Waals surface area contributed by atoms with Crippen molar-refractivity contribution in [2.24, 2.45) is 0 Å². The van der Waals surface area contributed by atoms with Crippen LogP contribution < -0.4 is 11.1 Å². The largest absolute Gasteiger partial charge is 0.366 e. The Labute approximate surface area is 135 Å². The number of nitrogens with one attached hydrogen (secondary N) is 1. The number of anilines is 2. The molecule has 1 aliphatic rings. The van der Waals surface area contributed by atoms with E-state index < -0.39 is 0 Å². The first-order valence-electron chi connectivity index (χ1n) is 7.81. The summed E-state index contributed by atoms with van der Waals surface area (Å²) >= 11 is 0. The molecule has 5 heteroatoms. The summed E-state index contributed by atoms with van der Waals surface area (Å²) in [6.45, 7) is 2.10. The van der Waals surface area contributed by atoms with Gasteiger partial charge in [0.25, 0.3) is 0 Å². The fourth-order valence-electron chi connectivity index (χ4n) is 3.16. The van der Waals surface area contributed by atoms with E-state index in [0.717, 1.165) is 12.4 Å². The van der Waals surface area contributed by atoms with Crippen molar-refractivity contribution < 1.29 is 0 Å². The van der Waals surface area contributed by atoms with Crippen LogP contribution >= 0.6 is 0 Å². The number of aromatic nitrogens is 3. The van der Waals surface area contributed by atoms with Gasteiger partial charge in [0, 0.05) is 0 Å². The van der Waals surface area contributed by atoms with Crippen molar-refractivity contribution in [2.75, 3.05) is 11.1 Å². The summed E-state index contributed by atoms with van der Waals surface area (Å²) < 4.78 is 1.90. The number of hydrogen-bond acceptors (Lipinski definition) is 4. The van der Waals surface area contributed by atoms with Crippen LogP contribution in [-0.2, 0) is 0 Å². The van der Waals surface area contributed by atoms with Crippen LogP contribution in [-0.4, -0.2) is 14.8 Å². The van der Waals surface area contributed by atoms with Gasteiger partial charge in [0.1, 0.15) is 0 Å². The number of nitrogens with two attached hydrogens (primary N) is 1. The SMILES string of the molecule is Cc1ccc([C@H]2C[C@@H](c3ccccc3)Nc3nc(N)nn32)cc1. The normalized spacial score (nSPS) is 19.9. The van der Waals surface area contributed by atoms with E-state index in [9.17, 15) is 0 Å². The smallest absolute Gasteiger partial charge is 0.241 e. The van der Waals surface area contributed by atoms with Gasteiger partial charge in [0.15, 0.2) is 0 Å². The summed E-state index contributed by atoms with van der Waals surface area (Å²) in [5, 5.41) is 7.83.